The van der Waals surface area contributed by atoms with E-state index in [0.717, 1.165) is 11.1 Å². The molecule has 2 aliphatic rings. The van der Waals surface area contributed by atoms with Crippen LogP contribution in [-0.2, 0) is 36.9 Å². The van der Waals surface area contributed by atoms with Crippen LogP contribution in [-0.4, -0.2) is 60.5 Å². The summed E-state index contributed by atoms with van der Waals surface area (Å²) in [7, 11) is 0. The van der Waals surface area contributed by atoms with Crippen molar-refractivity contribution in [2.75, 3.05) is 17.6 Å². The third-order valence-corrected chi connectivity index (χ3v) is 7.08. The highest BCUT2D eigenvalue weighted by molar-refractivity contribution is 7.92. The highest BCUT2D eigenvalue weighted by atomic mass is 32.2. The Morgan fingerprint density at radius 3 is 2.54 bits per heavy atom. The number of para-hydroxylation sites is 1. The van der Waals surface area contributed by atoms with Gasteiger partial charge in [0.05, 0.1) is 17.7 Å². The maximum atomic E-state index is 13.2. The summed E-state index contributed by atoms with van der Waals surface area (Å²) in [6, 6.07) is 14.0. The van der Waals surface area contributed by atoms with Gasteiger partial charge >= 0.3 is 5.97 Å². The first-order chi connectivity index (χ1) is 16.7. The molecule has 0 aliphatic carbocycles. The maximum Gasteiger partial charge on any atom is 0.349 e. The first-order valence-corrected chi connectivity index (χ1v) is 11.7. The first-order valence-electron chi connectivity index (χ1n) is 10.3. The lowest BCUT2D eigenvalue weighted by molar-refractivity contribution is -0.384. The van der Waals surface area contributed by atoms with Gasteiger partial charge in [-0.1, -0.05) is 18.2 Å². The number of aliphatic hydroxyl groups excluding tert-OH is 1. The van der Waals surface area contributed by atoms with Crippen LogP contribution in [0.15, 0.2) is 66.6 Å². The van der Waals surface area contributed by atoms with Crippen LogP contribution in [0.4, 0.5) is 11.4 Å². The molecule has 3 N–H and O–H groups in total. The Bertz CT molecular complexity index is 1190. The molecule has 1 saturated heterocycles. The Labute approximate surface area is 201 Å². The lowest BCUT2D eigenvalue weighted by atomic mass is 9.87. The van der Waals surface area contributed by atoms with E-state index in [1.165, 1.54) is 24.3 Å². The molecule has 0 aromatic heterocycles. The van der Waals surface area contributed by atoms with Gasteiger partial charge in [-0.05, 0) is 41.0 Å². The fraction of sp³-hybridized carbons (Fsp3) is 0.227. The van der Waals surface area contributed by atoms with Crippen molar-refractivity contribution in [2.45, 2.75) is 17.5 Å². The van der Waals surface area contributed by atoms with E-state index in [1.54, 1.807) is 30.3 Å². The van der Waals surface area contributed by atoms with Gasteiger partial charge in [0, 0.05) is 17.8 Å². The van der Waals surface area contributed by atoms with E-state index in [0.29, 0.717) is 11.3 Å². The summed E-state index contributed by atoms with van der Waals surface area (Å²) in [6.45, 7) is -0.625. The number of anilines is 1. The molecule has 2 amide bonds. The molecule has 2 aromatic rings. The fourth-order valence-electron chi connectivity index (χ4n) is 3.76. The molecule has 2 unspecified atom stereocenters. The molecule has 13 heteroatoms. The largest absolute Gasteiger partial charge is 0.614 e. The normalized spacial score (nSPS) is 22.8. The van der Waals surface area contributed by atoms with Crippen molar-refractivity contribution in [3.05, 3.63) is 82.2 Å². The average molecular weight is 500 g/mol. The number of ether oxygens (including phenoxy) is 1. The van der Waals surface area contributed by atoms with Crippen LogP contribution >= 0.6 is 0 Å². The zero-order chi connectivity index (χ0) is 25.2. The van der Waals surface area contributed by atoms with Crippen molar-refractivity contribution in [1.29, 1.82) is 0 Å². The molecule has 2 aliphatic heterocycles. The molecular formula is C22H20N4O8S. The van der Waals surface area contributed by atoms with Gasteiger partial charge in [0.15, 0.2) is 11.5 Å². The van der Waals surface area contributed by atoms with Gasteiger partial charge in [-0.2, -0.15) is 0 Å². The van der Waals surface area contributed by atoms with Crippen LogP contribution in [0.3, 0.4) is 0 Å². The molecular weight excluding hydrogens is 480 g/mol. The number of β-lactam (4-membered cyclic amide) rings is 1. The van der Waals surface area contributed by atoms with Crippen molar-refractivity contribution in [3.63, 3.8) is 0 Å². The first kappa shape index (κ1) is 24.0. The minimum atomic E-state index is -2.25. The number of benzene rings is 2. The number of hydrogen-bond donors (Lipinski definition) is 3. The quantitative estimate of drug-likeness (QED) is 0.119. The van der Waals surface area contributed by atoms with Gasteiger partial charge in [0.25, 0.3) is 17.1 Å². The highest BCUT2D eigenvalue weighted by Gasteiger charge is 2.74. The van der Waals surface area contributed by atoms with E-state index in [-0.39, 0.29) is 30.4 Å². The molecule has 1 fully saturated rings. The van der Waals surface area contributed by atoms with Gasteiger partial charge in [-0.3, -0.25) is 24.6 Å². The zero-order valence-electron chi connectivity index (χ0n) is 18.1. The monoisotopic (exact) mass is 500 g/mol. The molecule has 0 spiro atoms. The number of carbonyl (C=O) groups is 3. The third-order valence-electron chi connectivity index (χ3n) is 5.42. The number of amides is 2. The molecule has 0 saturated carbocycles. The molecule has 35 heavy (non-hydrogen) atoms. The predicted octanol–water partition coefficient (Wildman–Crippen LogP) is 0.935. The number of non-ortho nitro benzene ring substituents is 1. The van der Waals surface area contributed by atoms with Crippen LogP contribution in [0.1, 0.15) is 5.56 Å². The van der Waals surface area contributed by atoms with Gasteiger partial charge in [0.2, 0.25) is 11.3 Å². The zero-order valence-corrected chi connectivity index (χ0v) is 18.9. The second-order valence-corrected chi connectivity index (χ2v) is 9.28. The molecule has 2 aromatic carbocycles. The number of fused-ring (bicyclic) bond motifs is 1. The number of nitrogens with one attached hydrogen (secondary N) is 2. The number of hydrogen-bond acceptors (Lipinski definition) is 9. The summed E-state index contributed by atoms with van der Waals surface area (Å²) in [5, 5.41) is 24.5. The SMILES string of the molecule is O=C(CNc1ccccc1)NC1(C(=O)OCc2ccc([N+](=O)[O-])cc2)C(=O)N2C=C(O)C[S+]([O-])[C@H]21. The van der Waals surface area contributed by atoms with Crippen molar-refractivity contribution in [1.82, 2.24) is 10.2 Å². The minimum absolute atomic E-state index is 0.149. The van der Waals surface area contributed by atoms with Crippen LogP contribution < -0.4 is 10.6 Å². The van der Waals surface area contributed by atoms with Gasteiger partial charge in [-0.25, -0.2) is 4.79 Å². The Morgan fingerprint density at radius 2 is 1.89 bits per heavy atom. The van der Waals surface area contributed by atoms with Gasteiger partial charge in [0.1, 0.15) is 6.61 Å². The smallest absolute Gasteiger partial charge is 0.349 e. The van der Waals surface area contributed by atoms with Crippen LogP contribution in [0.25, 0.3) is 0 Å². The number of nitro groups is 1. The van der Waals surface area contributed by atoms with Crippen LogP contribution in [0.2, 0.25) is 0 Å². The van der Waals surface area contributed by atoms with Crippen LogP contribution in [0, 0.1) is 10.1 Å². The number of rotatable bonds is 8. The minimum Gasteiger partial charge on any atom is -0.614 e. The summed E-state index contributed by atoms with van der Waals surface area (Å²) in [6.07, 6.45) is 1.07. The second kappa shape index (κ2) is 9.64. The number of nitrogens with zero attached hydrogens (tertiary/aromatic N) is 2. The van der Waals surface area contributed by atoms with E-state index < -0.39 is 44.8 Å². The lowest BCUT2D eigenvalue weighted by Crippen LogP contribution is -2.85. The Kier molecular flexibility index (Phi) is 6.62. The summed E-state index contributed by atoms with van der Waals surface area (Å²) < 4.78 is 18.0. The van der Waals surface area contributed by atoms with Gasteiger partial charge < -0.3 is 25.0 Å². The summed E-state index contributed by atoms with van der Waals surface area (Å²) >= 11 is -1.91. The molecule has 3 atom stereocenters. The Balaban J connectivity index is 1.52. The number of aliphatic hydroxyl groups is 1. The number of esters is 1. The Hall–Kier alpha value is -4.10. The topological polar surface area (TPSA) is 174 Å². The third kappa shape index (κ3) is 4.63. The van der Waals surface area contributed by atoms with Crippen molar-refractivity contribution in [3.8, 4) is 0 Å². The summed E-state index contributed by atoms with van der Waals surface area (Å²) in [4.78, 5) is 50.1. The molecule has 0 radical (unpaired) electrons. The highest BCUT2D eigenvalue weighted by Crippen LogP contribution is 2.40. The summed E-state index contributed by atoms with van der Waals surface area (Å²) in [5.74, 6) is -3.34. The van der Waals surface area contributed by atoms with E-state index in [9.17, 15) is 34.2 Å². The standard InChI is InChI=1S/C22H20N4O8S/c27-17-11-25-19(29)22(20(25)35(33)13-17,24-18(28)10-23-15-4-2-1-3-5-15)21(30)34-12-14-6-8-16(9-7-14)26(31)32/h1-9,11,20,23,27H,10,12-13H2,(H,24,28)/t20-,22?,35?/m0/s1. The Morgan fingerprint density at radius 1 is 1.20 bits per heavy atom. The van der Waals surface area contributed by atoms with Crippen molar-refractivity contribution < 1.29 is 33.7 Å². The predicted molar refractivity (Wildman–Crippen MR) is 123 cm³/mol. The maximum absolute atomic E-state index is 13.2. The van der Waals surface area contributed by atoms with Crippen molar-refractivity contribution >= 4 is 40.3 Å². The fourth-order valence-corrected chi connectivity index (χ4v) is 5.35. The van der Waals surface area contributed by atoms with E-state index >= 15 is 0 Å². The number of nitro benzene ring substituents is 1. The average Bonchev–Trinajstić information content (AvgIpc) is 2.85. The molecule has 12 nitrogen and oxygen atoms in total. The van der Waals surface area contributed by atoms with E-state index in [4.69, 9.17) is 4.74 Å². The van der Waals surface area contributed by atoms with E-state index in [2.05, 4.69) is 10.6 Å². The lowest BCUT2D eigenvalue weighted by Gasteiger charge is -2.52. The van der Waals surface area contributed by atoms with Gasteiger partial charge in [-0.15, -0.1) is 0 Å². The molecule has 2 heterocycles. The molecule has 4 rings (SSSR count). The van der Waals surface area contributed by atoms with Crippen LogP contribution in [0.5, 0.6) is 0 Å². The van der Waals surface area contributed by atoms with E-state index in [1.807, 2.05) is 0 Å². The number of carbonyl (C=O) groups excluding carboxylic acids is 3. The molecule has 182 valence electrons. The van der Waals surface area contributed by atoms with Crippen molar-refractivity contribution in [2.24, 2.45) is 0 Å². The molecule has 0 bridgehead atoms. The summed E-state index contributed by atoms with van der Waals surface area (Å²) in [5.41, 5.74) is -1.36. The second-order valence-electron chi connectivity index (χ2n) is 7.79.